The third kappa shape index (κ3) is 4.91. The molecule has 204 valence electrons. The average Bonchev–Trinajstić information content (AvgIpc) is 3.64. The average molecular weight is 542 g/mol. The van der Waals surface area contributed by atoms with E-state index < -0.39 is 6.04 Å². The van der Waals surface area contributed by atoms with Crippen LogP contribution in [-0.2, 0) is 6.54 Å². The number of piperazine rings is 1. The van der Waals surface area contributed by atoms with E-state index >= 15 is 0 Å². The molecule has 1 atom stereocenters. The molecule has 3 aromatic heterocycles. The number of hydrogen-bond acceptors (Lipinski definition) is 7. The fourth-order valence-corrected chi connectivity index (χ4v) is 5.43. The zero-order chi connectivity index (χ0) is 27.8. The van der Waals surface area contributed by atoms with Crippen LogP contribution < -0.4 is 5.56 Å². The van der Waals surface area contributed by atoms with Crippen molar-refractivity contribution in [1.29, 1.82) is 0 Å². The van der Waals surface area contributed by atoms with Crippen LogP contribution in [0, 0.1) is 19.7 Å². The molecule has 0 radical (unpaired) electrons. The summed E-state index contributed by atoms with van der Waals surface area (Å²) in [5.41, 5.74) is 3.97. The standard InChI is InChI=1S/C29H28FN7O3/c1-18-14-19(2)25-21(15-18)16-23(28(38)31-25)26(27-32-33-34-37(27)17-20-5-7-22(30)8-6-20)35-9-11-36(12-10-35)29(39)24-4-3-13-40-24/h3-8,13-16,26H,9-12,17H2,1-2H3,(H,31,38)/t26-/m0/s1. The molecular weight excluding hydrogens is 513 g/mol. The number of fused-ring (bicyclic) bond motifs is 1. The number of H-pyrrole nitrogens is 1. The number of tetrazole rings is 1. The van der Waals surface area contributed by atoms with E-state index in [1.165, 1.54) is 18.4 Å². The van der Waals surface area contributed by atoms with Crippen LogP contribution in [0.1, 0.15) is 44.7 Å². The Labute approximate surface area is 229 Å². The maximum Gasteiger partial charge on any atom is 0.289 e. The van der Waals surface area contributed by atoms with E-state index in [0.717, 1.165) is 27.6 Å². The normalized spacial score (nSPS) is 15.0. The highest BCUT2D eigenvalue weighted by Gasteiger charge is 2.34. The Bertz CT molecular complexity index is 1720. The van der Waals surface area contributed by atoms with Gasteiger partial charge < -0.3 is 14.3 Å². The zero-order valence-corrected chi connectivity index (χ0v) is 22.2. The number of carbonyl (C=O) groups is 1. The molecule has 0 bridgehead atoms. The molecule has 11 heteroatoms. The van der Waals surface area contributed by atoms with Crippen molar-refractivity contribution in [2.45, 2.75) is 26.4 Å². The lowest BCUT2D eigenvalue weighted by molar-refractivity contribution is 0.0558. The number of benzene rings is 2. The summed E-state index contributed by atoms with van der Waals surface area (Å²) in [4.78, 5) is 33.4. The Hall–Kier alpha value is -4.64. The van der Waals surface area contributed by atoms with E-state index in [1.54, 1.807) is 33.8 Å². The molecule has 2 aromatic carbocycles. The van der Waals surface area contributed by atoms with Gasteiger partial charge in [0.1, 0.15) is 11.9 Å². The number of pyridine rings is 1. The number of nitrogens with zero attached hydrogens (tertiary/aromatic N) is 6. The van der Waals surface area contributed by atoms with Crippen molar-refractivity contribution < 1.29 is 13.6 Å². The predicted octanol–water partition coefficient (Wildman–Crippen LogP) is 3.46. The lowest BCUT2D eigenvalue weighted by atomic mass is 10.00. The molecule has 1 N–H and O–H groups in total. The summed E-state index contributed by atoms with van der Waals surface area (Å²) in [6.07, 6.45) is 1.48. The second-order valence-corrected chi connectivity index (χ2v) is 10.1. The first-order chi connectivity index (χ1) is 19.4. The van der Waals surface area contributed by atoms with E-state index in [0.29, 0.717) is 49.9 Å². The van der Waals surface area contributed by atoms with Gasteiger partial charge in [0.2, 0.25) is 0 Å². The Balaban J connectivity index is 1.39. The number of amides is 1. The highest BCUT2D eigenvalue weighted by atomic mass is 19.1. The molecule has 1 aliphatic rings. The van der Waals surface area contributed by atoms with Gasteiger partial charge >= 0.3 is 0 Å². The Morgan fingerprint density at radius 3 is 2.58 bits per heavy atom. The van der Waals surface area contributed by atoms with E-state index in [9.17, 15) is 14.0 Å². The first-order valence-corrected chi connectivity index (χ1v) is 13.1. The van der Waals surface area contributed by atoms with E-state index in [2.05, 4.69) is 25.4 Å². The zero-order valence-electron chi connectivity index (χ0n) is 22.2. The molecule has 4 heterocycles. The SMILES string of the molecule is Cc1cc(C)c2[nH]c(=O)c([C@@H](c3nnnn3Cc3ccc(F)cc3)N3CCN(C(=O)c4ccco4)CC3)cc2c1. The van der Waals surface area contributed by atoms with E-state index in [-0.39, 0.29) is 17.3 Å². The van der Waals surface area contributed by atoms with Gasteiger partial charge in [-0.2, -0.15) is 0 Å². The van der Waals surface area contributed by atoms with Crippen LogP contribution in [0.5, 0.6) is 0 Å². The lowest BCUT2D eigenvalue weighted by Gasteiger charge is -2.38. The fraction of sp³-hybridized carbons (Fsp3) is 0.276. The number of halogens is 1. The van der Waals surface area contributed by atoms with Crippen molar-refractivity contribution in [3.8, 4) is 0 Å². The molecular formula is C29H28FN7O3. The van der Waals surface area contributed by atoms with Crippen molar-refractivity contribution in [1.82, 2.24) is 35.0 Å². The summed E-state index contributed by atoms with van der Waals surface area (Å²) in [6.45, 7) is 6.17. The smallest absolute Gasteiger partial charge is 0.289 e. The highest BCUT2D eigenvalue weighted by Crippen LogP contribution is 2.29. The predicted molar refractivity (Wildman–Crippen MR) is 145 cm³/mol. The molecule has 0 spiro atoms. The van der Waals surface area contributed by atoms with Crippen molar-refractivity contribution in [3.05, 3.63) is 111 Å². The largest absolute Gasteiger partial charge is 0.459 e. The van der Waals surface area contributed by atoms with Crippen LogP contribution >= 0.6 is 0 Å². The van der Waals surface area contributed by atoms with Crippen LogP contribution in [-0.4, -0.2) is 67.1 Å². The van der Waals surface area contributed by atoms with Crippen molar-refractivity contribution in [2.24, 2.45) is 0 Å². The van der Waals surface area contributed by atoms with Crippen LogP contribution in [0.3, 0.4) is 0 Å². The molecule has 5 aromatic rings. The van der Waals surface area contributed by atoms with Gasteiger partial charge in [0.15, 0.2) is 11.6 Å². The molecule has 1 amide bonds. The molecule has 1 saturated heterocycles. The lowest BCUT2D eigenvalue weighted by Crippen LogP contribution is -2.50. The highest BCUT2D eigenvalue weighted by molar-refractivity contribution is 5.91. The molecule has 6 rings (SSSR count). The molecule has 0 aliphatic carbocycles. The van der Waals surface area contributed by atoms with E-state index in [4.69, 9.17) is 4.42 Å². The summed E-state index contributed by atoms with van der Waals surface area (Å²) in [7, 11) is 0. The third-order valence-electron chi connectivity index (χ3n) is 7.37. The minimum absolute atomic E-state index is 0.170. The number of nitrogens with one attached hydrogen (secondary N) is 1. The van der Waals surface area contributed by atoms with Crippen molar-refractivity contribution in [2.75, 3.05) is 26.2 Å². The summed E-state index contributed by atoms with van der Waals surface area (Å²) in [5.74, 6) is 0.292. The first-order valence-electron chi connectivity index (χ1n) is 13.1. The minimum Gasteiger partial charge on any atom is -0.459 e. The van der Waals surface area contributed by atoms with Crippen molar-refractivity contribution >= 4 is 16.8 Å². The van der Waals surface area contributed by atoms with Crippen LogP contribution in [0.2, 0.25) is 0 Å². The third-order valence-corrected chi connectivity index (χ3v) is 7.37. The Morgan fingerprint density at radius 1 is 1.07 bits per heavy atom. The van der Waals surface area contributed by atoms with Gasteiger partial charge in [0.25, 0.3) is 11.5 Å². The summed E-state index contributed by atoms with van der Waals surface area (Å²) < 4.78 is 20.5. The second-order valence-electron chi connectivity index (χ2n) is 10.1. The maximum atomic E-state index is 13.6. The number of aromatic amines is 1. The quantitative estimate of drug-likeness (QED) is 0.350. The first kappa shape index (κ1) is 25.6. The maximum absolute atomic E-state index is 13.6. The molecule has 0 unspecified atom stereocenters. The van der Waals surface area contributed by atoms with Crippen LogP contribution in [0.25, 0.3) is 10.9 Å². The van der Waals surface area contributed by atoms with Crippen LogP contribution in [0.4, 0.5) is 4.39 Å². The number of rotatable bonds is 6. The number of hydrogen-bond donors (Lipinski definition) is 1. The van der Waals surface area contributed by atoms with E-state index in [1.807, 2.05) is 32.0 Å². The molecule has 0 saturated carbocycles. The van der Waals surface area contributed by atoms with Crippen molar-refractivity contribution in [3.63, 3.8) is 0 Å². The number of aryl methyl sites for hydroxylation is 2. The van der Waals surface area contributed by atoms with Gasteiger partial charge in [-0.15, -0.1) is 5.10 Å². The summed E-state index contributed by atoms with van der Waals surface area (Å²) in [5, 5.41) is 13.5. The minimum atomic E-state index is -0.578. The van der Waals surface area contributed by atoms with Gasteiger partial charge in [-0.05, 0) is 77.2 Å². The topological polar surface area (TPSA) is 113 Å². The number of furan rings is 1. The van der Waals surface area contributed by atoms with Gasteiger partial charge in [0, 0.05) is 31.7 Å². The van der Waals surface area contributed by atoms with Gasteiger partial charge in [-0.3, -0.25) is 14.5 Å². The Kier molecular flexibility index (Phi) is 6.72. The van der Waals surface area contributed by atoms with Gasteiger partial charge in [-0.25, -0.2) is 9.07 Å². The number of aromatic nitrogens is 5. The van der Waals surface area contributed by atoms with Gasteiger partial charge in [-0.1, -0.05) is 23.8 Å². The van der Waals surface area contributed by atoms with Gasteiger partial charge in [0.05, 0.1) is 18.3 Å². The second kappa shape index (κ2) is 10.5. The molecule has 10 nitrogen and oxygen atoms in total. The van der Waals surface area contributed by atoms with Crippen LogP contribution in [0.15, 0.2) is 70.1 Å². The monoisotopic (exact) mass is 541 g/mol. The summed E-state index contributed by atoms with van der Waals surface area (Å²) >= 11 is 0. The Morgan fingerprint density at radius 2 is 1.85 bits per heavy atom. The molecule has 1 fully saturated rings. The fourth-order valence-electron chi connectivity index (χ4n) is 5.43. The summed E-state index contributed by atoms with van der Waals surface area (Å²) in [6, 6.07) is 14.9. The molecule has 40 heavy (non-hydrogen) atoms. The number of carbonyl (C=O) groups excluding carboxylic acids is 1. The molecule has 1 aliphatic heterocycles.